The molecule has 0 bridgehead atoms. The summed E-state index contributed by atoms with van der Waals surface area (Å²) < 4.78 is 15.4. The van der Waals surface area contributed by atoms with E-state index in [9.17, 15) is 4.39 Å². The first-order valence-corrected chi connectivity index (χ1v) is 6.72. The van der Waals surface area contributed by atoms with Gasteiger partial charge in [-0.3, -0.25) is 0 Å². The SMILES string of the molecule is Cc1ccc(-c2sc3ccc(C)cc3c2F)cc1. The molecule has 0 aliphatic heterocycles. The van der Waals surface area contributed by atoms with Crippen LogP contribution in [-0.2, 0) is 0 Å². The molecule has 3 aromatic rings. The summed E-state index contributed by atoms with van der Waals surface area (Å²) in [6.45, 7) is 4.02. The van der Waals surface area contributed by atoms with Crippen LogP contribution >= 0.6 is 11.3 Å². The molecule has 90 valence electrons. The molecule has 0 amide bonds. The van der Waals surface area contributed by atoms with Crippen LogP contribution < -0.4 is 0 Å². The molecular formula is C16H13FS. The maximum absolute atomic E-state index is 14.4. The third kappa shape index (κ3) is 1.83. The van der Waals surface area contributed by atoms with E-state index in [0.29, 0.717) is 0 Å². The summed E-state index contributed by atoms with van der Waals surface area (Å²) in [7, 11) is 0. The number of aryl methyl sites for hydroxylation is 2. The van der Waals surface area contributed by atoms with Crippen LogP contribution in [0.1, 0.15) is 11.1 Å². The predicted octanol–water partition coefficient (Wildman–Crippen LogP) is 5.32. The standard InChI is InChI=1S/C16H13FS/c1-10-3-6-12(7-4-10)16-15(17)13-9-11(2)5-8-14(13)18-16/h3-9H,1-2H3. The maximum Gasteiger partial charge on any atom is 0.149 e. The van der Waals surface area contributed by atoms with Gasteiger partial charge in [-0.15, -0.1) is 11.3 Å². The van der Waals surface area contributed by atoms with Gasteiger partial charge < -0.3 is 0 Å². The van der Waals surface area contributed by atoms with Crippen LogP contribution in [0.25, 0.3) is 20.5 Å². The molecule has 0 saturated carbocycles. The van der Waals surface area contributed by atoms with Crippen LogP contribution in [0.15, 0.2) is 42.5 Å². The average molecular weight is 256 g/mol. The lowest BCUT2D eigenvalue weighted by atomic mass is 10.1. The number of thiophene rings is 1. The van der Waals surface area contributed by atoms with Gasteiger partial charge in [0.15, 0.2) is 0 Å². The fourth-order valence-corrected chi connectivity index (χ4v) is 3.14. The molecule has 0 fully saturated rings. The van der Waals surface area contributed by atoms with Gasteiger partial charge in [-0.1, -0.05) is 41.5 Å². The van der Waals surface area contributed by atoms with Gasteiger partial charge in [0, 0.05) is 10.1 Å². The zero-order valence-electron chi connectivity index (χ0n) is 10.3. The predicted molar refractivity (Wildman–Crippen MR) is 76.7 cm³/mol. The largest absolute Gasteiger partial charge is 0.205 e. The summed E-state index contributed by atoms with van der Waals surface area (Å²) in [5.41, 5.74) is 3.24. The fraction of sp³-hybridized carbons (Fsp3) is 0.125. The number of benzene rings is 2. The van der Waals surface area contributed by atoms with Crippen molar-refractivity contribution in [2.45, 2.75) is 13.8 Å². The summed E-state index contributed by atoms with van der Waals surface area (Å²) in [4.78, 5) is 0.732. The highest BCUT2D eigenvalue weighted by molar-refractivity contribution is 7.22. The minimum atomic E-state index is -0.0949. The molecule has 0 unspecified atom stereocenters. The number of hydrogen-bond acceptors (Lipinski definition) is 1. The van der Waals surface area contributed by atoms with Gasteiger partial charge in [0.2, 0.25) is 0 Å². The summed E-state index contributed by atoms with van der Waals surface area (Å²) in [5, 5.41) is 0.732. The van der Waals surface area contributed by atoms with Crippen molar-refractivity contribution in [3.63, 3.8) is 0 Å². The van der Waals surface area contributed by atoms with E-state index < -0.39 is 0 Å². The first kappa shape index (κ1) is 11.4. The van der Waals surface area contributed by atoms with Crippen molar-refractivity contribution in [3.05, 3.63) is 59.4 Å². The quantitative estimate of drug-likeness (QED) is 0.552. The molecule has 0 N–H and O–H groups in total. The van der Waals surface area contributed by atoms with Crippen molar-refractivity contribution in [1.29, 1.82) is 0 Å². The molecule has 3 rings (SSSR count). The molecule has 0 saturated heterocycles. The van der Waals surface area contributed by atoms with Gasteiger partial charge in [-0.05, 0) is 31.5 Å². The smallest absolute Gasteiger partial charge is 0.149 e. The molecule has 0 aliphatic carbocycles. The Hall–Kier alpha value is -1.67. The van der Waals surface area contributed by atoms with Crippen LogP contribution in [0.4, 0.5) is 4.39 Å². The highest BCUT2D eigenvalue weighted by atomic mass is 32.1. The van der Waals surface area contributed by atoms with E-state index in [4.69, 9.17) is 0 Å². The fourth-order valence-electron chi connectivity index (χ4n) is 2.07. The Kier molecular flexibility index (Phi) is 2.67. The summed E-state index contributed by atoms with van der Waals surface area (Å²) >= 11 is 1.52. The Labute approximate surface area is 110 Å². The molecule has 2 aromatic carbocycles. The van der Waals surface area contributed by atoms with Crippen LogP contribution in [0.2, 0.25) is 0 Å². The van der Waals surface area contributed by atoms with E-state index in [1.807, 2.05) is 56.3 Å². The van der Waals surface area contributed by atoms with Crippen LogP contribution in [0.3, 0.4) is 0 Å². The third-order valence-electron chi connectivity index (χ3n) is 3.10. The van der Waals surface area contributed by atoms with Gasteiger partial charge in [-0.2, -0.15) is 0 Å². The zero-order valence-corrected chi connectivity index (χ0v) is 11.1. The Morgan fingerprint density at radius 3 is 2.28 bits per heavy atom. The van der Waals surface area contributed by atoms with Gasteiger partial charge in [0.25, 0.3) is 0 Å². The molecule has 1 aromatic heterocycles. The van der Waals surface area contributed by atoms with Crippen molar-refractivity contribution < 1.29 is 4.39 Å². The van der Waals surface area contributed by atoms with Crippen LogP contribution in [0.5, 0.6) is 0 Å². The van der Waals surface area contributed by atoms with Crippen molar-refractivity contribution in [3.8, 4) is 10.4 Å². The summed E-state index contributed by atoms with van der Waals surface area (Å²) in [6, 6.07) is 13.9. The lowest BCUT2D eigenvalue weighted by Crippen LogP contribution is -1.78. The van der Waals surface area contributed by atoms with Crippen molar-refractivity contribution in [2.75, 3.05) is 0 Å². The Bertz CT molecular complexity index is 708. The minimum absolute atomic E-state index is 0.0949. The third-order valence-corrected chi connectivity index (χ3v) is 4.29. The second-order valence-corrected chi connectivity index (χ2v) is 5.66. The van der Waals surface area contributed by atoms with Crippen molar-refractivity contribution in [1.82, 2.24) is 0 Å². The molecule has 0 nitrogen and oxygen atoms in total. The van der Waals surface area contributed by atoms with E-state index in [1.165, 1.54) is 16.9 Å². The molecule has 0 radical (unpaired) electrons. The van der Waals surface area contributed by atoms with Crippen LogP contribution in [-0.4, -0.2) is 0 Å². The molecule has 0 spiro atoms. The van der Waals surface area contributed by atoms with E-state index in [1.54, 1.807) is 0 Å². The van der Waals surface area contributed by atoms with Crippen molar-refractivity contribution in [2.24, 2.45) is 0 Å². The molecule has 18 heavy (non-hydrogen) atoms. The van der Waals surface area contributed by atoms with Gasteiger partial charge in [-0.25, -0.2) is 4.39 Å². The molecule has 0 aliphatic rings. The van der Waals surface area contributed by atoms with Crippen LogP contribution in [0, 0.1) is 19.7 Å². The number of rotatable bonds is 1. The minimum Gasteiger partial charge on any atom is -0.205 e. The Morgan fingerprint density at radius 2 is 1.56 bits per heavy atom. The second kappa shape index (κ2) is 4.21. The van der Waals surface area contributed by atoms with Gasteiger partial charge in [0.1, 0.15) is 5.82 Å². The first-order chi connectivity index (χ1) is 8.65. The summed E-state index contributed by atoms with van der Waals surface area (Å²) in [6.07, 6.45) is 0. The topological polar surface area (TPSA) is 0 Å². The molecule has 1 heterocycles. The lowest BCUT2D eigenvalue weighted by molar-refractivity contribution is 0.647. The normalized spacial score (nSPS) is 11.1. The first-order valence-electron chi connectivity index (χ1n) is 5.91. The lowest BCUT2D eigenvalue weighted by Gasteiger charge is -1.98. The number of fused-ring (bicyclic) bond motifs is 1. The average Bonchev–Trinajstić information content (AvgIpc) is 2.68. The molecule has 2 heteroatoms. The Morgan fingerprint density at radius 1 is 0.889 bits per heavy atom. The van der Waals surface area contributed by atoms with E-state index in [2.05, 4.69) is 0 Å². The zero-order chi connectivity index (χ0) is 12.7. The van der Waals surface area contributed by atoms with E-state index in [0.717, 1.165) is 26.1 Å². The second-order valence-electron chi connectivity index (χ2n) is 4.61. The molecular weight excluding hydrogens is 243 g/mol. The van der Waals surface area contributed by atoms with Gasteiger partial charge >= 0.3 is 0 Å². The van der Waals surface area contributed by atoms with E-state index in [-0.39, 0.29) is 5.82 Å². The molecule has 0 atom stereocenters. The summed E-state index contributed by atoms with van der Waals surface area (Å²) in [5.74, 6) is -0.0949. The highest BCUT2D eigenvalue weighted by Gasteiger charge is 2.13. The Balaban J connectivity index is 2.23. The monoisotopic (exact) mass is 256 g/mol. The maximum atomic E-state index is 14.4. The van der Waals surface area contributed by atoms with E-state index >= 15 is 0 Å². The van der Waals surface area contributed by atoms with Crippen molar-refractivity contribution >= 4 is 21.4 Å². The van der Waals surface area contributed by atoms with Gasteiger partial charge in [0.05, 0.1) is 4.88 Å². The number of hydrogen-bond donors (Lipinski definition) is 0. The number of halogens is 1. The highest BCUT2D eigenvalue weighted by Crippen LogP contribution is 2.37.